The lowest BCUT2D eigenvalue weighted by atomic mass is 9.87. The first-order valence-electron chi connectivity index (χ1n) is 5.37. The van der Waals surface area contributed by atoms with Crippen LogP contribution in [0.4, 0.5) is 10.7 Å². The molecule has 7 heteroatoms. The number of nitrogens with one attached hydrogen (secondary N) is 2. The van der Waals surface area contributed by atoms with E-state index < -0.39 is 6.03 Å². The Morgan fingerprint density at radius 2 is 2.24 bits per heavy atom. The minimum Gasteiger partial charge on any atom is -0.394 e. The Bertz CT molecular complexity index is 382. The molecule has 0 aliphatic heterocycles. The van der Waals surface area contributed by atoms with E-state index in [4.69, 9.17) is 0 Å². The molecule has 1 heterocycles. The SMILES string of the molecule is Cn1ncnc1NC(=O)N[C@H](CO)C(C)(C)C. The lowest BCUT2D eigenvalue weighted by molar-refractivity contribution is 0.162. The molecule has 0 unspecified atom stereocenters. The highest BCUT2D eigenvalue weighted by molar-refractivity contribution is 5.87. The van der Waals surface area contributed by atoms with Crippen molar-refractivity contribution in [2.45, 2.75) is 26.8 Å². The summed E-state index contributed by atoms with van der Waals surface area (Å²) in [4.78, 5) is 15.5. The first-order valence-corrected chi connectivity index (χ1v) is 5.37. The molecule has 0 aromatic carbocycles. The van der Waals surface area contributed by atoms with Gasteiger partial charge in [-0.1, -0.05) is 20.8 Å². The van der Waals surface area contributed by atoms with Crippen LogP contribution in [0.1, 0.15) is 20.8 Å². The predicted molar refractivity (Wildman–Crippen MR) is 63.5 cm³/mol. The summed E-state index contributed by atoms with van der Waals surface area (Å²) in [5.41, 5.74) is -0.216. The minimum absolute atomic E-state index is 0.115. The number of urea groups is 1. The molecule has 17 heavy (non-hydrogen) atoms. The van der Waals surface area contributed by atoms with Crippen LogP contribution in [0.15, 0.2) is 6.33 Å². The number of hydrogen-bond acceptors (Lipinski definition) is 4. The van der Waals surface area contributed by atoms with Crippen molar-refractivity contribution in [3.63, 3.8) is 0 Å². The molecule has 1 aromatic rings. The zero-order chi connectivity index (χ0) is 13.1. The van der Waals surface area contributed by atoms with Crippen molar-refractivity contribution in [3.05, 3.63) is 6.33 Å². The highest BCUT2D eigenvalue weighted by Gasteiger charge is 2.25. The van der Waals surface area contributed by atoms with Gasteiger partial charge in [-0.25, -0.2) is 9.48 Å². The van der Waals surface area contributed by atoms with Crippen molar-refractivity contribution in [1.82, 2.24) is 20.1 Å². The maximum atomic E-state index is 11.7. The lowest BCUT2D eigenvalue weighted by Crippen LogP contribution is -2.48. The van der Waals surface area contributed by atoms with Crippen LogP contribution < -0.4 is 10.6 Å². The third kappa shape index (κ3) is 3.70. The molecule has 0 saturated heterocycles. The molecule has 0 spiro atoms. The first-order chi connectivity index (χ1) is 7.84. The van der Waals surface area contributed by atoms with E-state index in [1.807, 2.05) is 20.8 Å². The number of nitrogens with zero attached hydrogens (tertiary/aromatic N) is 3. The molecule has 96 valence electrons. The molecule has 0 saturated carbocycles. The van der Waals surface area contributed by atoms with Gasteiger partial charge in [0.25, 0.3) is 0 Å². The largest absolute Gasteiger partial charge is 0.394 e. The van der Waals surface area contributed by atoms with E-state index in [0.717, 1.165) is 0 Å². The summed E-state index contributed by atoms with van der Waals surface area (Å²) in [6.07, 6.45) is 1.35. The molecular formula is C10H19N5O2. The third-order valence-corrected chi connectivity index (χ3v) is 2.47. The van der Waals surface area contributed by atoms with Gasteiger partial charge in [0, 0.05) is 7.05 Å². The molecule has 1 aromatic heterocycles. The second-order valence-electron chi connectivity index (χ2n) is 4.91. The number of aromatic nitrogens is 3. The topological polar surface area (TPSA) is 92.1 Å². The van der Waals surface area contributed by atoms with Gasteiger partial charge in [-0.05, 0) is 5.41 Å². The average molecular weight is 241 g/mol. The number of rotatable bonds is 3. The number of carbonyl (C=O) groups excluding carboxylic acids is 1. The number of hydrogen-bond donors (Lipinski definition) is 3. The molecular weight excluding hydrogens is 222 g/mol. The molecule has 0 bridgehead atoms. The Morgan fingerprint density at radius 3 is 2.65 bits per heavy atom. The zero-order valence-electron chi connectivity index (χ0n) is 10.6. The Hall–Kier alpha value is -1.63. The fraction of sp³-hybridized carbons (Fsp3) is 0.700. The van der Waals surface area contributed by atoms with Crippen LogP contribution in [0.2, 0.25) is 0 Å². The van der Waals surface area contributed by atoms with Gasteiger partial charge in [0.05, 0.1) is 12.6 Å². The van der Waals surface area contributed by atoms with Crippen LogP contribution in [0.25, 0.3) is 0 Å². The quantitative estimate of drug-likeness (QED) is 0.711. The highest BCUT2D eigenvalue weighted by Crippen LogP contribution is 2.18. The maximum absolute atomic E-state index is 11.7. The van der Waals surface area contributed by atoms with E-state index in [1.165, 1.54) is 11.0 Å². The van der Waals surface area contributed by atoms with Crippen LogP contribution >= 0.6 is 0 Å². The van der Waals surface area contributed by atoms with E-state index in [9.17, 15) is 9.90 Å². The summed E-state index contributed by atoms with van der Waals surface area (Å²) in [6, 6.07) is -0.731. The van der Waals surface area contributed by atoms with Gasteiger partial charge >= 0.3 is 6.03 Å². The summed E-state index contributed by atoms with van der Waals surface area (Å²) in [5.74, 6) is 0.355. The van der Waals surface area contributed by atoms with Crippen molar-refractivity contribution in [3.8, 4) is 0 Å². The lowest BCUT2D eigenvalue weighted by Gasteiger charge is -2.29. The standard InChI is InChI=1S/C10H19N5O2/c1-10(2,3)7(5-16)13-9(17)14-8-11-6-12-15(8)4/h6-7,16H,5H2,1-4H3,(H2,11,12,13,14,17)/t7-/m1/s1. The summed E-state index contributed by atoms with van der Waals surface area (Å²) in [6.45, 7) is 5.71. The number of carbonyl (C=O) groups is 1. The van der Waals surface area contributed by atoms with E-state index in [1.54, 1.807) is 7.05 Å². The molecule has 7 nitrogen and oxygen atoms in total. The normalized spacial score (nSPS) is 13.2. The van der Waals surface area contributed by atoms with Gasteiger partial charge in [-0.2, -0.15) is 10.1 Å². The van der Waals surface area contributed by atoms with Crippen LogP contribution in [-0.4, -0.2) is 38.6 Å². The Balaban J connectivity index is 2.58. The number of aliphatic hydroxyl groups excluding tert-OH is 1. The van der Waals surface area contributed by atoms with E-state index in [-0.39, 0.29) is 18.1 Å². The van der Waals surface area contributed by atoms with Gasteiger partial charge in [-0.15, -0.1) is 0 Å². The second kappa shape index (κ2) is 5.13. The van der Waals surface area contributed by atoms with Gasteiger partial charge in [0.15, 0.2) is 0 Å². The maximum Gasteiger partial charge on any atom is 0.321 e. The average Bonchev–Trinajstić information content (AvgIpc) is 2.59. The summed E-state index contributed by atoms with van der Waals surface area (Å²) < 4.78 is 1.45. The van der Waals surface area contributed by atoms with Gasteiger partial charge in [-0.3, -0.25) is 5.32 Å². The van der Waals surface area contributed by atoms with E-state index in [2.05, 4.69) is 20.7 Å². The molecule has 1 rings (SSSR count). The van der Waals surface area contributed by atoms with Crippen LogP contribution in [-0.2, 0) is 7.05 Å². The molecule has 3 N–H and O–H groups in total. The van der Waals surface area contributed by atoms with Crippen LogP contribution in [0.3, 0.4) is 0 Å². The van der Waals surface area contributed by atoms with Crippen molar-refractivity contribution in [2.75, 3.05) is 11.9 Å². The Kier molecular flexibility index (Phi) is 4.06. The van der Waals surface area contributed by atoms with Crippen LogP contribution in [0, 0.1) is 5.41 Å². The van der Waals surface area contributed by atoms with Crippen molar-refractivity contribution < 1.29 is 9.90 Å². The number of amides is 2. The molecule has 2 amide bonds. The Morgan fingerprint density at radius 1 is 1.59 bits per heavy atom. The smallest absolute Gasteiger partial charge is 0.321 e. The molecule has 0 aliphatic carbocycles. The highest BCUT2D eigenvalue weighted by atomic mass is 16.3. The first kappa shape index (κ1) is 13.4. The predicted octanol–water partition coefficient (Wildman–Crippen LogP) is 0.344. The molecule has 1 atom stereocenters. The third-order valence-electron chi connectivity index (χ3n) is 2.47. The fourth-order valence-electron chi connectivity index (χ4n) is 1.24. The van der Waals surface area contributed by atoms with Crippen LogP contribution in [0.5, 0.6) is 0 Å². The molecule has 0 radical (unpaired) electrons. The van der Waals surface area contributed by atoms with Crippen molar-refractivity contribution in [1.29, 1.82) is 0 Å². The summed E-state index contributed by atoms with van der Waals surface area (Å²) >= 11 is 0. The molecule has 0 aliphatic rings. The summed E-state index contributed by atoms with van der Waals surface area (Å²) in [7, 11) is 1.68. The van der Waals surface area contributed by atoms with Gasteiger partial charge in [0.2, 0.25) is 5.95 Å². The summed E-state index contributed by atoms with van der Waals surface area (Å²) in [5, 5.41) is 18.3. The second-order valence-corrected chi connectivity index (χ2v) is 4.91. The monoisotopic (exact) mass is 241 g/mol. The van der Waals surface area contributed by atoms with Crippen molar-refractivity contribution >= 4 is 12.0 Å². The van der Waals surface area contributed by atoms with E-state index in [0.29, 0.717) is 5.95 Å². The number of aryl methyl sites for hydroxylation is 1. The van der Waals surface area contributed by atoms with Gasteiger partial charge in [0.1, 0.15) is 6.33 Å². The Labute approximate surface area is 100 Å². The minimum atomic E-state index is -0.407. The fourth-order valence-corrected chi connectivity index (χ4v) is 1.24. The zero-order valence-corrected chi connectivity index (χ0v) is 10.6. The number of anilines is 1. The number of aliphatic hydroxyl groups is 1. The van der Waals surface area contributed by atoms with E-state index >= 15 is 0 Å². The van der Waals surface area contributed by atoms with Crippen molar-refractivity contribution in [2.24, 2.45) is 12.5 Å². The van der Waals surface area contributed by atoms with Gasteiger partial charge < -0.3 is 10.4 Å². The molecule has 0 fully saturated rings.